The van der Waals surface area contributed by atoms with Crippen LogP contribution in [0, 0.1) is 30.4 Å². The van der Waals surface area contributed by atoms with E-state index in [0.29, 0.717) is 11.1 Å². The lowest BCUT2D eigenvalue weighted by Crippen LogP contribution is -2.15. The predicted molar refractivity (Wildman–Crippen MR) is 130 cm³/mol. The fourth-order valence-electron chi connectivity index (χ4n) is 4.92. The van der Waals surface area contributed by atoms with Gasteiger partial charge in [-0.1, -0.05) is 85.3 Å². The summed E-state index contributed by atoms with van der Waals surface area (Å²) < 4.78 is 28.4. The summed E-state index contributed by atoms with van der Waals surface area (Å²) in [7, 11) is 0. The van der Waals surface area contributed by atoms with E-state index in [1.807, 2.05) is 6.07 Å². The molecule has 1 aliphatic rings. The molecule has 1 fully saturated rings. The van der Waals surface area contributed by atoms with E-state index in [2.05, 4.69) is 31.2 Å². The zero-order valence-corrected chi connectivity index (χ0v) is 19.5. The molecule has 0 amide bonds. The van der Waals surface area contributed by atoms with E-state index in [9.17, 15) is 8.78 Å². The average molecular weight is 453 g/mol. The van der Waals surface area contributed by atoms with Gasteiger partial charge in [-0.15, -0.1) is 0 Å². The average Bonchev–Trinajstić information content (AvgIpc) is 2.80. The van der Waals surface area contributed by atoms with Crippen molar-refractivity contribution in [3.63, 3.8) is 0 Å². The van der Waals surface area contributed by atoms with E-state index in [-0.39, 0.29) is 10.8 Å². The van der Waals surface area contributed by atoms with Gasteiger partial charge >= 0.3 is 0 Å². The summed E-state index contributed by atoms with van der Waals surface area (Å²) in [6, 6.07) is 18.7. The van der Waals surface area contributed by atoms with Gasteiger partial charge in [0.05, 0.1) is 5.02 Å². The summed E-state index contributed by atoms with van der Waals surface area (Å²) in [6.07, 6.45) is 9.65. The molecule has 168 valence electrons. The molecule has 0 aromatic heterocycles. The molecule has 32 heavy (non-hydrogen) atoms. The van der Waals surface area contributed by atoms with Gasteiger partial charge in [-0.05, 0) is 79.3 Å². The van der Waals surface area contributed by atoms with Gasteiger partial charge in [0.15, 0.2) is 0 Å². The largest absolute Gasteiger partial charge is 0.206 e. The zero-order chi connectivity index (χ0) is 22.5. The smallest absolute Gasteiger partial charge is 0.142 e. The van der Waals surface area contributed by atoms with E-state index in [1.54, 1.807) is 18.2 Å². The normalized spacial score (nSPS) is 18.6. The maximum atomic E-state index is 14.7. The minimum absolute atomic E-state index is 0.0515. The number of hydrogen-bond donors (Lipinski definition) is 0. The molecule has 0 heterocycles. The third-order valence-corrected chi connectivity index (χ3v) is 7.34. The molecule has 0 aliphatic heterocycles. The van der Waals surface area contributed by atoms with Crippen LogP contribution in [-0.4, -0.2) is 0 Å². The summed E-state index contributed by atoms with van der Waals surface area (Å²) in [5.41, 5.74) is 4.72. The number of benzene rings is 3. The van der Waals surface area contributed by atoms with Crippen molar-refractivity contribution in [2.24, 2.45) is 11.8 Å². The summed E-state index contributed by atoms with van der Waals surface area (Å²) >= 11 is 5.74. The second kappa shape index (κ2) is 10.6. The molecular formula is C29H31ClF2. The molecule has 3 heteroatoms. The molecule has 1 aliphatic carbocycles. The summed E-state index contributed by atoms with van der Waals surface area (Å²) in [6.45, 7) is 2.13. The van der Waals surface area contributed by atoms with Crippen molar-refractivity contribution in [1.82, 2.24) is 0 Å². The number of hydrogen-bond acceptors (Lipinski definition) is 0. The molecule has 0 bridgehead atoms. The maximum absolute atomic E-state index is 14.7. The highest BCUT2D eigenvalue weighted by Crippen LogP contribution is 2.34. The van der Waals surface area contributed by atoms with Gasteiger partial charge in [-0.25, -0.2) is 8.78 Å². The van der Waals surface area contributed by atoms with E-state index in [0.717, 1.165) is 30.2 Å². The Morgan fingerprint density at radius 3 is 1.91 bits per heavy atom. The number of halogens is 3. The van der Waals surface area contributed by atoms with Gasteiger partial charge in [0, 0.05) is 5.56 Å². The summed E-state index contributed by atoms with van der Waals surface area (Å²) in [5, 5.41) is 0.0515. The molecule has 0 unspecified atom stereocenters. The first-order valence-electron chi connectivity index (χ1n) is 11.8. The molecular weight excluding hydrogens is 422 g/mol. The van der Waals surface area contributed by atoms with Gasteiger partial charge in [0.2, 0.25) is 0 Å². The Morgan fingerprint density at radius 1 is 0.719 bits per heavy atom. The van der Waals surface area contributed by atoms with Crippen LogP contribution in [0.5, 0.6) is 0 Å². The van der Waals surface area contributed by atoms with E-state index in [1.165, 1.54) is 61.8 Å². The molecule has 3 aromatic carbocycles. The van der Waals surface area contributed by atoms with Crippen molar-refractivity contribution < 1.29 is 8.78 Å². The van der Waals surface area contributed by atoms with Crippen LogP contribution in [0.15, 0.2) is 60.7 Å². The van der Waals surface area contributed by atoms with Gasteiger partial charge < -0.3 is 0 Å². The molecule has 0 spiro atoms. The summed E-state index contributed by atoms with van der Waals surface area (Å²) in [4.78, 5) is 0. The highest BCUT2D eigenvalue weighted by molar-refractivity contribution is 6.30. The van der Waals surface area contributed by atoms with Gasteiger partial charge in [0.25, 0.3) is 0 Å². The monoisotopic (exact) mass is 452 g/mol. The highest BCUT2D eigenvalue weighted by Gasteiger charge is 2.21. The Balaban J connectivity index is 1.24. The lowest BCUT2D eigenvalue weighted by molar-refractivity contribution is 0.253. The van der Waals surface area contributed by atoms with Crippen LogP contribution in [0.3, 0.4) is 0 Å². The van der Waals surface area contributed by atoms with Crippen molar-refractivity contribution in [1.29, 1.82) is 0 Å². The van der Waals surface area contributed by atoms with Gasteiger partial charge in [0.1, 0.15) is 11.6 Å². The van der Waals surface area contributed by atoms with Crippen LogP contribution in [0.1, 0.15) is 55.2 Å². The second-order valence-corrected chi connectivity index (χ2v) is 9.80. The number of aryl methyl sites for hydroxylation is 3. The van der Waals surface area contributed by atoms with Crippen LogP contribution >= 0.6 is 11.6 Å². The topological polar surface area (TPSA) is 0 Å². The fourth-order valence-corrected chi connectivity index (χ4v) is 5.03. The van der Waals surface area contributed by atoms with Crippen molar-refractivity contribution in [3.8, 4) is 11.1 Å². The first-order chi connectivity index (χ1) is 15.5. The standard InChI is InChI=1S/C29H31ClF2/c1-20-2-4-21(5-3-20)6-7-22-8-10-23(11-9-22)12-13-24-14-16-26(28(31)18-24)25-15-17-27(30)29(32)19-25/h2-5,14-19,22-23H,6-13H2,1H3/t22-,23-. The van der Waals surface area contributed by atoms with Crippen LogP contribution in [-0.2, 0) is 12.8 Å². The van der Waals surface area contributed by atoms with Crippen LogP contribution in [0.25, 0.3) is 11.1 Å². The second-order valence-electron chi connectivity index (χ2n) is 9.39. The predicted octanol–water partition coefficient (Wildman–Crippen LogP) is 8.97. The van der Waals surface area contributed by atoms with E-state index >= 15 is 0 Å². The lowest BCUT2D eigenvalue weighted by Gasteiger charge is -2.28. The molecule has 0 saturated heterocycles. The summed E-state index contributed by atoms with van der Waals surface area (Å²) in [5.74, 6) is 0.744. The fraction of sp³-hybridized carbons (Fsp3) is 0.379. The molecule has 4 rings (SSSR count). The van der Waals surface area contributed by atoms with Crippen LogP contribution < -0.4 is 0 Å². The Morgan fingerprint density at radius 2 is 1.31 bits per heavy atom. The lowest BCUT2D eigenvalue weighted by atomic mass is 9.77. The van der Waals surface area contributed by atoms with Crippen LogP contribution in [0.4, 0.5) is 8.78 Å². The third kappa shape index (κ3) is 5.98. The quantitative estimate of drug-likeness (QED) is 0.335. The first-order valence-corrected chi connectivity index (χ1v) is 12.1. The molecule has 1 saturated carbocycles. The molecule has 0 radical (unpaired) electrons. The third-order valence-electron chi connectivity index (χ3n) is 7.03. The van der Waals surface area contributed by atoms with Crippen molar-refractivity contribution >= 4 is 11.6 Å². The molecule has 0 atom stereocenters. The Bertz CT molecular complexity index is 1030. The Labute approximate surface area is 195 Å². The van der Waals surface area contributed by atoms with Crippen molar-refractivity contribution in [2.75, 3.05) is 0 Å². The maximum Gasteiger partial charge on any atom is 0.142 e. The Hall–Kier alpha value is -2.19. The minimum Gasteiger partial charge on any atom is -0.206 e. The van der Waals surface area contributed by atoms with Gasteiger partial charge in [-0.3, -0.25) is 0 Å². The van der Waals surface area contributed by atoms with Gasteiger partial charge in [-0.2, -0.15) is 0 Å². The zero-order valence-electron chi connectivity index (χ0n) is 18.7. The first kappa shape index (κ1) is 23.0. The SMILES string of the molecule is Cc1ccc(CC[C@H]2CC[C@H](CCc3ccc(-c4ccc(Cl)c(F)c4)c(F)c3)CC2)cc1. The minimum atomic E-state index is -0.526. The van der Waals surface area contributed by atoms with Crippen molar-refractivity contribution in [3.05, 3.63) is 94.0 Å². The molecule has 3 aromatic rings. The van der Waals surface area contributed by atoms with Crippen molar-refractivity contribution in [2.45, 2.75) is 58.3 Å². The van der Waals surface area contributed by atoms with E-state index < -0.39 is 5.82 Å². The molecule has 0 N–H and O–H groups in total. The van der Waals surface area contributed by atoms with E-state index in [4.69, 9.17) is 11.6 Å². The number of rotatable bonds is 7. The molecule has 0 nitrogen and oxygen atoms in total. The highest BCUT2D eigenvalue weighted by atomic mass is 35.5. The van der Waals surface area contributed by atoms with Crippen LogP contribution in [0.2, 0.25) is 5.02 Å². The Kier molecular flexibility index (Phi) is 7.63.